The van der Waals surface area contributed by atoms with Gasteiger partial charge in [0.15, 0.2) is 5.60 Å². The van der Waals surface area contributed by atoms with Crippen molar-refractivity contribution >= 4 is 39.2 Å². The molecule has 1 aliphatic heterocycles. The number of anilines is 1. The Hall–Kier alpha value is -3.04. The predicted molar refractivity (Wildman–Crippen MR) is 116 cm³/mol. The number of thiophene rings is 1. The maximum Gasteiger partial charge on any atom is 0.405 e. The number of piperidine rings is 1. The van der Waals surface area contributed by atoms with E-state index >= 15 is 0 Å². The van der Waals surface area contributed by atoms with Crippen LogP contribution in [0.5, 0.6) is 0 Å². The number of primary amides is 1. The van der Waals surface area contributed by atoms with Crippen molar-refractivity contribution in [1.29, 1.82) is 0 Å². The number of nitrogens with zero attached hydrogens (tertiary/aromatic N) is 2. The fourth-order valence-corrected chi connectivity index (χ4v) is 4.84. The molecule has 156 valence electrons. The van der Waals surface area contributed by atoms with Gasteiger partial charge in [0, 0.05) is 18.3 Å². The quantitative estimate of drug-likeness (QED) is 0.578. The molecule has 3 aromatic heterocycles. The van der Waals surface area contributed by atoms with E-state index in [2.05, 4.69) is 32.9 Å². The maximum absolute atomic E-state index is 13.0. The van der Waals surface area contributed by atoms with Gasteiger partial charge in [0.05, 0.1) is 22.1 Å². The monoisotopic (exact) mass is 425 g/mol. The normalized spacial score (nSPS) is 18.8. The first kappa shape index (κ1) is 20.2. The second-order valence-electron chi connectivity index (χ2n) is 7.23. The minimum absolute atomic E-state index is 0.317. The number of rotatable bonds is 5. The molecular formula is C21H23N5O3S. The van der Waals surface area contributed by atoms with Crippen LogP contribution < -0.4 is 16.4 Å². The van der Waals surface area contributed by atoms with Crippen LogP contribution in [0.2, 0.25) is 0 Å². The minimum Gasteiger partial charge on any atom is -0.437 e. The molecule has 0 aliphatic carbocycles. The number of aromatic nitrogens is 2. The Morgan fingerprint density at radius 3 is 2.97 bits per heavy atom. The minimum atomic E-state index is -0.963. The molecule has 1 fully saturated rings. The van der Waals surface area contributed by atoms with Gasteiger partial charge in [-0.05, 0) is 54.9 Å². The summed E-state index contributed by atoms with van der Waals surface area (Å²) in [6, 6.07) is 5.37. The smallest absolute Gasteiger partial charge is 0.405 e. The van der Waals surface area contributed by atoms with E-state index < -0.39 is 11.7 Å². The topological polar surface area (TPSA) is 119 Å². The van der Waals surface area contributed by atoms with Gasteiger partial charge < -0.3 is 21.1 Å². The van der Waals surface area contributed by atoms with Crippen molar-refractivity contribution in [3.63, 3.8) is 0 Å². The van der Waals surface area contributed by atoms with Gasteiger partial charge in [0.2, 0.25) is 0 Å². The second-order valence-corrected chi connectivity index (χ2v) is 8.14. The van der Waals surface area contributed by atoms with Crippen molar-refractivity contribution in [3.05, 3.63) is 52.8 Å². The van der Waals surface area contributed by atoms with Crippen molar-refractivity contribution in [2.24, 2.45) is 5.73 Å². The van der Waals surface area contributed by atoms with E-state index in [9.17, 15) is 9.59 Å². The summed E-state index contributed by atoms with van der Waals surface area (Å²) < 4.78 is 6.60. The van der Waals surface area contributed by atoms with Gasteiger partial charge in [-0.3, -0.25) is 9.78 Å². The van der Waals surface area contributed by atoms with Crippen LogP contribution in [-0.2, 0) is 16.8 Å². The summed E-state index contributed by atoms with van der Waals surface area (Å²) in [5.41, 5.74) is 7.81. The highest BCUT2D eigenvalue weighted by Crippen LogP contribution is 2.37. The standard InChI is InChI=1S/C21H23N5O3S/c1-2-13-11-30-17-5-4-15(25-18(13)17)19(27)26-16-10-23-9-6-14(16)21(29-20(22)28)7-3-8-24-12-21/h4-6,9-11,24H,2-3,7-8,12H2,1H3,(H2,22,28)(H,26,27)/t21-/m1/s1. The summed E-state index contributed by atoms with van der Waals surface area (Å²) >= 11 is 1.62. The Morgan fingerprint density at radius 2 is 2.23 bits per heavy atom. The number of nitrogens with one attached hydrogen (secondary N) is 2. The second kappa shape index (κ2) is 8.37. The summed E-state index contributed by atoms with van der Waals surface area (Å²) in [6.07, 6.45) is 4.55. The molecule has 0 spiro atoms. The maximum atomic E-state index is 13.0. The molecule has 0 radical (unpaired) electrons. The molecule has 1 saturated heterocycles. The van der Waals surface area contributed by atoms with Crippen LogP contribution in [0.15, 0.2) is 36.0 Å². The summed E-state index contributed by atoms with van der Waals surface area (Å²) in [5, 5.41) is 8.21. The lowest BCUT2D eigenvalue weighted by Crippen LogP contribution is -2.47. The molecule has 8 nitrogen and oxygen atoms in total. The van der Waals surface area contributed by atoms with Crippen LogP contribution in [0.1, 0.15) is 41.4 Å². The van der Waals surface area contributed by atoms with Crippen molar-refractivity contribution in [1.82, 2.24) is 15.3 Å². The lowest BCUT2D eigenvalue weighted by atomic mass is 9.85. The number of aryl methyl sites for hydroxylation is 1. The van der Waals surface area contributed by atoms with Crippen LogP contribution in [0, 0.1) is 0 Å². The molecule has 0 bridgehead atoms. The Morgan fingerprint density at radius 1 is 1.37 bits per heavy atom. The summed E-state index contributed by atoms with van der Waals surface area (Å²) in [4.78, 5) is 33.3. The van der Waals surface area contributed by atoms with E-state index in [1.807, 2.05) is 6.07 Å². The highest BCUT2D eigenvalue weighted by Gasteiger charge is 2.39. The molecule has 4 heterocycles. The largest absolute Gasteiger partial charge is 0.437 e. The average molecular weight is 426 g/mol. The Balaban J connectivity index is 1.67. The fourth-order valence-electron chi connectivity index (χ4n) is 3.86. The lowest BCUT2D eigenvalue weighted by molar-refractivity contribution is -0.00535. The van der Waals surface area contributed by atoms with Gasteiger partial charge in [-0.1, -0.05) is 6.92 Å². The molecule has 30 heavy (non-hydrogen) atoms. The molecule has 4 N–H and O–H groups in total. The number of carbonyl (C=O) groups is 2. The van der Waals surface area contributed by atoms with Crippen LogP contribution in [0.25, 0.3) is 10.2 Å². The highest BCUT2D eigenvalue weighted by atomic mass is 32.1. The zero-order valence-electron chi connectivity index (χ0n) is 16.6. The van der Waals surface area contributed by atoms with E-state index in [4.69, 9.17) is 10.5 Å². The Bertz CT molecular complexity index is 1090. The lowest BCUT2D eigenvalue weighted by Gasteiger charge is -2.37. The van der Waals surface area contributed by atoms with Gasteiger partial charge in [0.1, 0.15) is 5.69 Å². The predicted octanol–water partition coefficient (Wildman–Crippen LogP) is 3.18. The van der Waals surface area contributed by atoms with Crippen molar-refractivity contribution in [2.45, 2.75) is 31.8 Å². The molecule has 9 heteroatoms. The van der Waals surface area contributed by atoms with Crippen molar-refractivity contribution < 1.29 is 14.3 Å². The number of carbonyl (C=O) groups excluding carboxylic acids is 2. The van der Waals surface area contributed by atoms with Gasteiger partial charge in [0.25, 0.3) is 5.91 Å². The fraction of sp³-hybridized carbons (Fsp3) is 0.333. The Labute approximate surface area is 177 Å². The van der Waals surface area contributed by atoms with Crippen LogP contribution in [-0.4, -0.2) is 35.1 Å². The third-order valence-electron chi connectivity index (χ3n) is 5.30. The molecule has 0 unspecified atom stereocenters. The average Bonchev–Trinajstić information content (AvgIpc) is 3.16. The van der Waals surface area contributed by atoms with E-state index in [1.165, 1.54) is 0 Å². The van der Waals surface area contributed by atoms with E-state index in [0.717, 1.165) is 35.2 Å². The van der Waals surface area contributed by atoms with E-state index in [-0.39, 0.29) is 5.91 Å². The van der Waals surface area contributed by atoms with Crippen molar-refractivity contribution in [3.8, 4) is 0 Å². The molecule has 3 aromatic rings. The first-order chi connectivity index (χ1) is 14.5. The first-order valence-corrected chi connectivity index (χ1v) is 10.7. The zero-order chi connectivity index (χ0) is 21.1. The van der Waals surface area contributed by atoms with Crippen LogP contribution in [0.3, 0.4) is 0 Å². The van der Waals surface area contributed by atoms with Gasteiger partial charge in [-0.25, -0.2) is 9.78 Å². The van der Waals surface area contributed by atoms with Gasteiger partial charge in [-0.15, -0.1) is 11.3 Å². The highest BCUT2D eigenvalue weighted by molar-refractivity contribution is 7.17. The molecule has 1 atom stereocenters. The zero-order valence-corrected chi connectivity index (χ0v) is 17.4. The molecule has 4 rings (SSSR count). The van der Waals surface area contributed by atoms with Gasteiger partial charge >= 0.3 is 6.09 Å². The summed E-state index contributed by atoms with van der Waals surface area (Å²) in [5.74, 6) is -0.350. The molecular weight excluding hydrogens is 402 g/mol. The third kappa shape index (κ3) is 3.86. The number of pyridine rings is 2. The van der Waals surface area contributed by atoms with Crippen molar-refractivity contribution in [2.75, 3.05) is 18.4 Å². The molecule has 0 saturated carbocycles. The number of fused-ring (bicyclic) bond motifs is 1. The number of hydrogen-bond donors (Lipinski definition) is 3. The molecule has 1 aliphatic rings. The van der Waals surface area contributed by atoms with E-state index in [0.29, 0.717) is 29.9 Å². The molecule has 0 aromatic carbocycles. The SMILES string of the molecule is CCc1csc2ccc(C(=O)Nc3cnccc3[C@@]3(OC(N)=O)CCCNC3)nc12. The summed E-state index contributed by atoms with van der Waals surface area (Å²) in [6.45, 7) is 3.29. The number of nitrogens with two attached hydrogens (primary N) is 1. The number of amides is 2. The summed E-state index contributed by atoms with van der Waals surface area (Å²) in [7, 11) is 0. The molecule has 2 amide bonds. The van der Waals surface area contributed by atoms with E-state index in [1.54, 1.807) is 35.9 Å². The van der Waals surface area contributed by atoms with Gasteiger partial charge in [-0.2, -0.15) is 0 Å². The number of hydrogen-bond acceptors (Lipinski definition) is 7. The van der Waals surface area contributed by atoms with Crippen LogP contribution >= 0.6 is 11.3 Å². The van der Waals surface area contributed by atoms with Crippen LogP contribution in [0.4, 0.5) is 10.5 Å². The first-order valence-electron chi connectivity index (χ1n) is 9.84. The Kier molecular flexibility index (Phi) is 5.65. The number of ether oxygens (including phenoxy) is 1. The third-order valence-corrected chi connectivity index (χ3v) is 6.29.